The normalized spacial score (nSPS) is 16.2. The summed E-state index contributed by atoms with van der Waals surface area (Å²) < 4.78 is 7.38. The zero-order valence-corrected chi connectivity index (χ0v) is 16.1. The Bertz CT molecular complexity index is 522. The molecule has 0 spiro atoms. The van der Waals surface area contributed by atoms with Crippen molar-refractivity contribution in [2.24, 2.45) is 12.0 Å². The molecule has 0 amide bonds. The summed E-state index contributed by atoms with van der Waals surface area (Å²) in [6.45, 7) is 7.06. The van der Waals surface area contributed by atoms with Crippen LogP contribution in [0.25, 0.3) is 0 Å². The Hall–Kier alpha value is -1.63. The molecular formula is C18H34N6O. The summed E-state index contributed by atoms with van der Waals surface area (Å²) in [6, 6.07) is 0.532. The molecule has 0 unspecified atom stereocenters. The Morgan fingerprint density at radius 1 is 1.24 bits per heavy atom. The second-order valence-corrected chi connectivity index (χ2v) is 6.70. The predicted molar refractivity (Wildman–Crippen MR) is 101 cm³/mol. The van der Waals surface area contributed by atoms with Gasteiger partial charge in [0.05, 0.1) is 0 Å². The third kappa shape index (κ3) is 7.02. The van der Waals surface area contributed by atoms with E-state index in [2.05, 4.69) is 20.8 Å². The summed E-state index contributed by atoms with van der Waals surface area (Å²) in [5.41, 5.74) is 0. The number of guanidine groups is 1. The lowest BCUT2D eigenvalue weighted by molar-refractivity contribution is 0.143. The van der Waals surface area contributed by atoms with Crippen LogP contribution in [-0.2, 0) is 18.3 Å². The fourth-order valence-electron chi connectivity index (χ4n) is 3.01. The minimum absolute atomic E-state index is 0.532. The monoisotopic (exact) mass is 350 g/mol. The van der Waals surface area contributed by atoms with Crippen LogP contribution in [0.2, 0.25) is 0 Å². The average Bonchev–Trinajstić information content (AvgIpc) is 2.95. The van der Waals surface area contributed by atoms with Gasteiger partial charge < -0.3 is 19.9 Å². The van der Waals surface area contributed by atoms with Crippen molar-refractivity contribution >= 4 is 5.96 Å². The van der Waals surface area contributed by atoms with Gasteiger partial charge in [-0.1, -0.05) is 19.3 Å². The van der Waals surface area contributed by atoms with Gasteiger partial charge in [0.1, 0.15) is 12.4 Å². The lowest BCUT2D eigenvalue weighted by Crippen LogP contribution is -2.44. The van der Waals surface area contributed by atoms with E-state index in [4.69, 9.17) is 9.73 Å². The summed E-state index contributed by atoms with van der Waals surface area (Å²) in [4.78, 5) is 4.74. The minimum Gasteiger partial charge on any atom is -0.382 e. The maximum Gasteiger partial charge on any atom is 0.191 e. The van der Waals surface area contributed by atoms with Gasteiger partial charge in [0.2, 0.25) is 0 Å². The first-order valence-electron chi connectivity index (χ1n) is 9.68. The summed E-state index contributed by atoms with van der Waals surface area (Å²) >= 11 is 0. The van der Waals surface area contributed by atoms with E-state index in [1.165, 1.54) is 32.1 Å². The van der Waals surface area contributed by atoms with Gasteiger partial charge in [-0.25, -0.2) is 4.99 Å². The van der Waals surface area contributed by atoms with Crippen molar-refractivity contribution in [1.29, 1.82) is 0 Å². The SMILES string of the molecule is CCOCCCCNC(=NCc1nnc(C)n1C)NC1CCCCC1. The molecule has 1 aliphatic carbocycles. The van der Waals surface area contributed by atoms with Crippen LogP contribution >= 0.6 is 0 Å². The molecule has 0 radical (unpaired) electrons. The standard InChI is InChI=1S/C18H34N6O/c1-4-25-13-9-8-12-19-18(21-16-10-6-5-7-11-16)20-14-17-23-22-15(2)24(17)3/h16H,4-14H2,1-3H3,(H2,19,20,21). The molecule has 1 saturated carbocycles. The van der Waals surface area contributed by atoms with Crippen molar-refractivity contribution in [3.05, 3.63) is 11.6 Å². The molecule has 1 aromatic heterocycles. The molecule has 1 aromatic rings. The number of aromatic nitrogens is 3. The number of unbranched alkanes of at least 4 members (excludes halogenated alkanes) is 1. The molecule has 2 rings (SSSR count). The first kappa shape index (κ1) is 19.7. The molecular weight excluding hydrogens is 316 g/mol. The number of nitrogens with one attached hydrogen (secondary N) is 2. The van der Waals surface area contributed by atoms with Gasteiger partial charge in [0, 0.05) is 32.8 Å². The third-order valence-electron chi connectivity index (χ3n) is 4.72. The quantitative estimate of drug-likeness (QED) is 0.406. The maximum atomic E-state index is 5.39. The van der Waals surface area contributed by atoms with E-state index in [-0.39, 0.29) is 0 Å². The molecule has 7 nitrogen and oxygen atoms in total. The van der Waals surface area contributed by atoms with E-state index in [1.807, 2.05) is 25.5 Å². The van der Waals surface area contributed by atoms with Gasteiger partial charge in [-0.15, -0.1) is 10.2 Å². The molecule has 7 heteroatoms. The molecule has 1 fully saturated rings. The molecule has 2 N–H and O–H groups in total. The van der Waals surface area contributed by atoms with Crippen molar-refractivity contribution in [3.63, 3.8) is 0 Å². The predicted octanol–water partition coefficient (Wildman–Crippen LogP) is 2.31. The number of nitrogens with zero attached hydrogens (tertiary/aromatic N) is 4. The van der Waals surface area contributed by atoms with Gasteiger partial charge >= 0.3 is 0 Å². The van der Waals surface area contributed by atoms with Gasteiger partial charge in [-0.05, 0) is 39.5 Å². The van der Waals surface area contributed by atoms with Crippen molar-refractivity contribution in [2.45, 2.75) is 71.4 Å². The van der Waals surface area contributed by atoms with Crippen LogP contribution in [0.4, 0.5) is 0 Å². The Balaban J connectivity index is 1.86. The Morgan fingerprint density at radius 2 is 2.04 bits per heavy atom. The van der Waals surface area contributed by atoms with E-state index in [9.17, 15) is 0 Å². The smallest absolute Gasteiger partial charge is 0.191 e. The zero-order chi connectivity index (χ0) is 17.9. The molecule has 0 saturated heterocycles. The highest BCUT2D eigenvalue weighted by Gasteiger charge is 2.15. The number of rotatable bonds is 9. The van der Waals surface area contributed by atoms with E-state index >= 15 is 0 Å². The number of hydrogen-bond acceptors (Lipinski definition) is 4. The lowest BCUT2D eigenvalue weighted by Gasteiger charge is -2.25. The highest BCUT2D eigenvalue weighted by Crippen LogP contribution is 2.17. The van der Waals surface area contributed by atoms with E-state index in [0.29, 0.717) is 12.6 Å². The summed E-state index contributed by atoms with van der Waals surface area (Å²) in [6.07, 6.45) is 8.58. The lowest BCUT2D eigenvalue weighted by atomic mass is 9.96. The maximum absolute atomic E-state index is 5.39. The minimum atomic E-state index is 0.532. The fourth-order valence-corrected chi connectivity index (χ4v) is 3.01. The van der Waals surface area contributed by atoms with Gasteiger partial charge in [0.15, 0.2) is 11.8 Å². The molecule has 142 valence electrons. The van der Waals surface area contributed by atoms with E-state index in [0.717, 1.165) is 50.2 Å². The Kier molecular flexibility index (Phi) is 8.72. The zero-order valence-electron chi connectivity index (χ0n) is 16.1. The number of aliphatic imine (C=N–C) groups is 1. The third-order valence-corrected chi connectivity index (χ3v) is 4.72. The van der Waals surface area contributed by atoms with Crippen molar-refractivity contribution in [3.8, 4) is 0 Å². The van der Waals surface area contributed by atoms with Crippen molar-refractivity contribution < 1.29 is 4.74 Å². The topological polar surface area (TPSA) is 76.4 Å². The first-order valence-corrected chi connectivity index (χ1v) is 9.68. The molecule has 1 heterocycles. The van der Waals surface area contributed by atoms with Crippen molar-refractivity contribution in [2.75, 3.05) is 19.8 Å². The number of aryl methyl sites for hydroxylation is 1. The highest BCUT2D eigenvalue weighted by molar-refractivity contribution is 5.80. The van der Waals surface area contributed by atoms with Gasteiger partial charge in [0.25, 0.3) is 0 Å². The van der Waals surface area contributed by atoms with Crippen LogP contribution in [0.1, 0.15) is 63.5 Å². The summed E-state index contributed by atoms with van der Waals surface area (Å²) in [5, 5.41) is 15.4. The highest BCUT2D eigenvalue weighted by atomic mass is 16.5. The van der Waals surface area contributed by atoms with Gasteiger partial charge in [-0.2, -0.15) is 0 Å². The second-order valence-electron chi connectivity index (χ2n) is 6.70. The molecule has 0 bridgehead atoms. The molecule has 25 heavy (non-hydrogen) atoms. The molecule has 0 aromatic carbocycles. The largest absolute Gasteiger partial charge is 0.382 e. The Morgan fingerprint density at radius 3 is 2.72 bits per heavy atom. The van der Waals surface area contributed by atoms with E-state index in [1.54, 1.807) is 0 Å². The van der Waals surface area contributed by atoms with Crippen LogP contribution in [0.5, 0.6) is 0 Å². The Labute approximate surface area is 151 Å². The number of hydrogen-bond donors (Lipinski definition) is 2. The first-order chi connectivity index (χ1) is 12.2. The molecule has 0 atom stereocenters. The van der Waals surface area contributed by atoms with Crippen LogP contribution in [0.3, 0.4) is 0 Å². The van der Waals surface area contributed by atoms with Crippen LogP contribution in [-0.4, -0.2) is 46.5 Å². The summed E-state index contributed by atoms with van der Waals surface area (Å²) in [5.74, 6) is 2.69. The second kappa shape index (κ2) is 11.1. The average molecular weight is 351 g/mol. The fraction of sp³-hybridized carbons (Fsp3) is 0.833. The van der Waals surface area contributed by atoms with E-state index < -0.39 is 0 Å². The number of ether oxygens (including phenoxy) is 1. The molecule has 1 aliphatic rings. The van der Waals surface area contributed by atoms with Crippen LogP contribution in [0, 0.1) is 6.92 Å². The van der Waals surface area contributed by atoms with Crippen LogP contribution in [0.15, 0.2) is 4.99 Å². The molecule has 0 aliphatic heterocycles. The van der Waals surface area contributed by atoms with Gasteiger partial charge in [-0.3, -0.25) is 0 Å². The van der Waals surface area contributed by atoms with Crippen molar-refractivity contribution in [1.82, 2.24) is 25.4 Å². The van der Waals surface area contributed by atoms with Crippen LogP contribution < -0.4 is 10.6 Å². The summed E-state index contributed by atoms with van der Waals surface area (Å²) in [7, 11) is 1.98.